The molecule has 0 spiro atoms. The Labute approximate surface area is 234 Å². The van der Waals surface area contributed by atoms with Gasteiger partial charge in [0.25, 0.3) is 10.0 Å². The summed E-state index contributed by atoms with van der Waals surface area (Å²) >= 11 is 6.46. The van der Waals surface area contributed by atoms with Gasteiger partial charge in [-0.15, -0.1) is 13.2 Å². The third-order valence-corrected chi connectivity index (χ3v) is 6.98. The highest BCUT2D eigenvalue weighted by atomic mass is 35.5. The van der Waals surface area contributed by atoms with Crippen LogP contribution in [-0.4, -0.2) is 45.1 Å². The van der Waals surface area contributed by atoms with Crippen molar-refractivity contribution < 1.29 is 44.8 Å². The van der Waals surface area contributed by atoms with Crippen LogP contribution in [0.1, 0.15) is 0 Å². The Hall–Kier alpha value is -4.57. The predicted octanol–water partition coefficient (Wildman–Crippen LogP) is 5.71. The number of benzene rings is 2. The first-order chi connectivity index (χ1) is 19.3. The maximum absolute atomic E-state index is 14.0. The number of methoxy groups -OCH3 is 1. The van der Waals surface area contributed by atoms with Crippen LogP contribution in [0, 0.1) is 5.82 Å². The van der Waals surface area contributed by atoms with E-state index in [-0.39, 0.29) is 44.1 Å². The molecule has 0 fully saturated rings. The summed E-state index contributed by atoms with van der Waals surface area (Å²) in [6.07, 6.45) is -2.96. The Kier molecular flexibility index (Phi) is 8.25. The second-order valence-corrected chi connectivity index (χ2v) is 10.0. The number of sulfonamides is 1. The molecular formula is C24H18ClF4N5O6S. The van der Waals surface area contributed by atoms with E-state index in [0.717, 1.165) is 23.2 Å². The fourth-order valence-corrected chi connectivity index (χ4v) is 4.75. The molecule has 11 nitrogen and oxygen atoms in total. The molecule has 0 atom stereocenters. The van der Waals surface area contributed by atoms with Crippen LogP contribution >= 0.6 is 11.6 Å². The summed E-state index contributed by atoms with van der Waals surface area (Å²) in [6, 6.07) is 8.37. The lowest BCUT2D eigenvalue weighted by molar-refractivity contribution is -0.275. The number of carbonyl (C=O) groups is 1. The van der Waals surface area contributed by atoms with Gasteiger partial charge in [0.2, 0.25) is 0 Å². The van der Waals surface area contributed by atoms with Crippen molar-refractivity contribution in [3.05, 3.63) is 71.8 Å². The molecule has 4 rings (SSSR count). The minimum atomic E-state index is -5.13. The first-order valence-electron chi connectivity index (χ1n) is 11.2. The number of anilines is 3. The van der Waals surface area contributed by atoms with Gasteiger partial charge in [-0.05, 0) is 42.0 Å². The van der Waals surface area contributed by atoms with Gasteiger partial charge in [-0.1, -0.05) is 22.8 Å². The Morgan fingerprint density at radius 2 is 1.85 bits per heavy atom. The fraction of sp³-hybridized carbons (Fsp3) is 0.125. The van der Waals surface area contributed by atoms with E-state index in [4.69, 9.17) is 16.3 Å². The minimum absolute atomic E-state index is 0.0156. The molecule has 216 valence electrons. The summed E-state index contributed by atoms with van der Waals surface area (Å²) in [5.41, 5.74) is 0.224. The van der Waals surface area contributed by atoms with Crippen LogP contribution in [0.2, 0.25) is 5.02 Å². The van der Waals surface area contributed by atoms with E-state index in [1.807, 2.05) is 0 Å². The van der Waals surface area contributed by atoms with Crippen molar-refractivity contribution in [3.63, 3.8) is 0 Å². The SMILES string of the molecule is CNC(=O)N(c1ccc(S(=O)(=O)Nc2ccon2)cn1)c1cc(Cl)c(-c2ccc(F)c(OC(F)(F)F)c2)cc1OC. The van der Waals surface area contributed by atoms with E-state index >= 15 is 0 Å². The van der Waals surface area contributed by atoms with Gasteiger partial charge in [0.15, 0.2) is 17.4 Å². The Bertz CT molecular complexity index is 1670. The molecule has 17 heteroatoms. The summed E-state index contributed by atoms with van der Waals surface area (Å²) in [4.78, 5) is 17.8. The second-order valence-electron chi connectivity index (χ2n) is 7.93. The molecule has 0 saturated carbocycles. The number of hydrogen-bond donors (Lipinski definition) is 2. The topological polar surface area (TPSA) is 136 Å². The molecule has 2 aromatic carbocycles. The monoisotopic (exact) mass is 615 g/mol. The maximum Gasteiger partial charge on any atom is 0.573 e. The molecule has 0 radical (unpaired) electrons. The predicted molar refractivity (Wildman–Crippen MR) is 138 cm³/mol. The van der Waals surface area contributed by atoms with Crippen LogP contribution in [0.4, 0.5) is 39.7 Å². The first kappa shape index (κ1) is 29.4. The number of amides is 2. The molecule has 0 aliphatic carbocycles. The van der Waals surface area contributed by atoms with Crippen LogP contribution in [0.15, 0.2) is 70.4 Å². The summed E-state index contributed by atoms with van der Waals surface area (Å²) in [5, 5.41) is 5.84. The Morgan fingerprint density at radius 3 is 2.44 bits per heavy atom. The fourth-order valence-electron chi connectivity index (χ4n) is 3.55. The van der Waals surface area contributed by atoms with Crippen molar-refractivity contribution in [2.45, 2.75) is 11.3 Å². The zero-order chi connectivity index (χ0) is 29.9. The van der Waals surface area contributed by atoms with Crippen molar-refractivity contribution in [2.75, 3.05) is 23.8 Å². The molecule has 0 unspecified atom stereocenters. The van der Waals surface area contributed by atoms with E-state index < -0.39 is 34.0 Å². The summed E-state index contributed by atoms with van der Waals surface area (Å²) in [7, 11) is -1.50. The average Bonchev–Trinajstić information content (AvgIpc) is 3.42. The zero-order valence-corrected chi connectivity index (χ0v) is 22.4. The van der Waals surface area contributed by atoms with Crippen LogP contribution in [0.3, 0.4) is 0 Å². The van der Waals surface area contributed by atoms with Crippen LogP contribution < -0.4 is 24.4 Å². The molecule has 0 aliphatic heterocycles. The van der Waals surface area contributed by atoms with Crippen molar-refractivity contribution in [1.29, 1.82) is 0 Å². The van der Waals surface area contributed by atoms with Gasteiger partial charge in [0.1, 0.15) is 22.7 Å². The molecule has 0 saturated heterocycles. The van der Waals surface area contributed by atoms with E-state index in [1.165, 1.54) is 56.8 Å². The normalized spacial score (nSPS) is 11.6. The van der Waals surface area contributed by atoms with E-state index in [9.17, 15) is 30.8 Å². The summed E-state index contributed by atoms with van der Waals surface area (Å²) in [5.74, 6) is -2.40. The average molecular weight is 616 g/mol. The van der Waals surface area contributed by atoms with E-state index in [0.29, 0.717) is 0 Å². The molecule has 4 aromatic rings. The van der Waals surface area contributed by atoms with Crippen molar-refractivity contribution in [2.24, 2.45) is 0 Å². The number of nitrogens with one attached hydrogen (secondary N) is 2. The smallest absolute Gasteiger partial charge is 0.495 e. The third-order valence-electron chi connectivity index (χ3n) is 5.33. The zero-order valence-electron chi connectivity index (χ0n) is 20.9. The highest BCUT2D eigenvalue weighted by molar-refractivity contribution is 7.92. The van der Waals surface area contributed by atoms with Gasteiger partial charge < -0.3 is 19.3 Å². The number of rotatable bonds is 8. The van der Waals surface area contributed by atoms with Crippen molar-refractivity contribution in [3.8, 4) is 22.6 Å². The molecule has 0 aliphatic rings. The molecule has 2 heterocycles. The highest BCUT2D eigenvalue weighted by Gasteiger charge is 2.33. The standard InChI is InChI=1S/C24H18ClF4N5O6S/c1-30-23(35)34(22-6-4-14(12-31-22)41(36,37)33-21-7-8-39-32-21)18-11-16(25)15(10-20(18)38-2)13-3-5-17(26)19(9-13)40-24(27,28)29/h3-12H,1-2H3,(H,30,35)(H,32,33). The number of pyridine rings is 1. The number of halogens is 5. The van der Waals surface area contributed by atoms with Crippen molar-refractivity contribution >= 4 is 45.0 Å². The lowest BCUT2D eigenvalue weighted by Gasteiger charge is -2.24. The van der Waals surface area contributed by atoms with Gasteiger partial charge >= 0.3 is 12.4 Å². The Morgan fingerprint density at radius 1 is 1.10 bits per heavy atom. The molecule has 2 amide bonds. The molecule has 2 aromatic heterocycles. The summed E-state index contributed by atoms with van der Waals surface area (Å²) < 4.78 is 93.3. The quantitative estimate of drug-likeness (QED) is 0.241. The Balaban J connectivity index is 1.74. The van der Waals surface area contributed by atoms with Crippen molar-refractivity contribution in [1.82, 2.24) is 15.5 Å². The lowest BCUT2D eigenvalue weighted by atomic mass is 10.0. The highest BCUT2D eigenvalue weighted by Crippen LogP contribution is 2.42. The summed E-state index contributed by atoms with van der Waals surface area (Å²) in [6.45, 7) is 0. The van der Waals surface area contributed by atoms with Gasteiger partial charge in [-0.3, -0.25) is 4.72 Å². The van der Waals surface area contributed by atoms with E-state index in [1.54, 1.807) is 0 Å². The van der Waals surface area contributed by atoms with Gasteiger partial charge in [-0.25, -0.2) is 27.5 Å². The minimum Gasteiger partial charge on any atom is -0.495 e. The number of alkyl halides is 3. The number of nitrogens with zero attached hydrogens (tertiary/aromatic N) is 3. The van der Waals surface area contributed by atoms with Gasteiger partial charge in [0.05, 0.1) is 17.8 Å². The van der Waals surface area contributed by atoms with Crippen LogP contribution in [0.25, 0.3) is 11.1 Å². The van der Waals surface area contributed by atoms with Gasteiger partial charge in [0, 0.05) is 24.9 Å². The molecule has 2 N–H and O–H groups in total. The molecular weight excluding hydrogens is 598 g/mol. The van der Waals surface area contributed by atoms with E-state index in [2.05, 4.69) is 29.4 Å². The van der Waals surface area contributed by atoms with Crippen LogP contribution in [0.5, 0.6) is 11.5 Å². The third kappa shape index (κ3) is 6.60. The number of carbonyl (C=O) groups excluding carboxylic acids is 1. The molecule has 41 heavy (non-hydrogen) atoms. The first-order valence-corrected chi connectivity index (χ1v) is 13.0. The largest absolute Gasteiger partial charge is 0.573 e. The number of urea groups is 1. The van der Waals surface area contributed by atoms with Gasteiger partial charge in [-0.2, -0.15) is 0 Å². The number of aromatic nitrogens is 2. The maximum atomic E-state index is 14.0. The van der Waals surface area contributed by atoms with Crippen LogP contribution in [-0.2, 0) is 10.0 Å². The second kappa shape index (κ2) is 11.5. The number of ether oxygens (including phenoxy) is 2. The molecule has 0 bridgehead atoms. The lowest BCUT2D eigenvalue weighted by Crippen LogP contribution is -2.35. The number of hydrogen-bond acceptors (Lipinski definition) is 8.